The minimum Gasteiger partial charge on any atom is -0.394 e. The molecule has 6 rings (SSSR count). The Bertz CT molecular complexity index is 2500. The first kappa shape index (κ1) is 40.3. The van der Waals surface area contributed by atoms with E-state index in [1.807, 2.05) is 74.5 Å². The lowest BCUT2D eigenvalue weighted by Crippen LogP contribution is -2.26. The minimum absolute atomic E-state index is 0.0130. The SMILES string of the molecule is CS(=O)(=O)Cl.Cc1noc(C)c1-c1cc(N)c(=O)n(Cc2ccccc2)c1.Cc1noc(C)c1-c1cc(NS(C)(=O)=O)c(=O)n(Cc2ccccc2)c1. The second-order valence-electron chi connectivity index (χ2n) is 12.1. The van der Waals surface area contributed by atoms with Crippen molar-refractivity contribution in [3.63, 3.8) is 0 Å². The first-order valence-electron chi connectivity index (χ1n) is 15.9. The summed E-state index contributed by atoms with van der Waals surface area (Å²) in [7, 11) is -2.29. The van der Waals surface area contributed by atoms with Gasteiger partial charge in [0, 0.05) is 45.3 Å². The molecular formula is C36H39ClN6O8S2. The summed E-state index contributed by atoms with van der Waals surface area (Å²) >= 11 is 0. The molecule has 0 radical (unpaired) electrons. The van der Waals surface area contributed by atoms with E-state index in [0.29, 0.717) is 35.9 Å². The Labute approximate surface area is 311 Å². The number of halogens is 1. The molecule has 0 amide bonds. The molecule has 6 aromatic rings. The standard InChI is InChI=1S/C18H19N3O4S.C17H17N3O2.CH3ClO2S/c1-12-17(13(2)25-19-12)15-9-16(20-26(3,23)24)18(22)21(11-15)10-14-7-5-4-6-8-14;1-11-16(12(2)22-19-11)14-8-15(18)17(21)20(10-14)9-13-6-4-3-5-7-13;1-5(2,3)4/h4-9,11,20H,10H2,1-3H3;3-8,10H,9,18H2,1-2H3;1H3. The average Bonchev–Trinajstić information content (AvgIpc) is 3.59. The van der Waals surface area contributed by atoms with Crippen LogP contribution in [0.3, 0.4) is 0 Å². The second kappa shape index (κ2) is 16.9. The Morgan fingerprint density at radius 1 is 0.698 bits per heavy atom. The summed E-state index contributed by atoms with van der Waals surface area (Å²) in [5, 5.41) is 7.89. The van der Waals surface area contributed by atoms with Gasteiger partial charge in [-0.25, -0.2) is 16.8 Å². The number of rotatable bonds is 8. The molecule has 0 fully saturated rings. The van der Waals surface area contributed by atoms with Gasteiger partial charge < -0.3 is 23.9 Å². The zero-order chi connectivity index (χ0) is 39.1. The van der Waals surface area contributed by atoms with Gasteiger partial charge in [0.2, 0.25) is 19.1 Å². The van der Waals surface area contributed by atoms with E-state index in [9.17, 15) is 26.4 Å². The van der Waals surface area contributed by atoms with Gasteiger partial charge in [0.05, 0.1) is 42.7 Å². The highest BCUT2D eigenvalue weighted by atomic mass is 35.7. The third-order valence-corrected chi connectivity index (χ3v) is 8.12. The largest absolute Gasteiger partial charge is 0.394 e. The number of sulfonamides is 1. The third kappa shape index (κ3) is 11.5. The van der Waals surface area contributed by atoms with Crippen molar-refractivity contribution in [1.29, 1.82) is 0 Å². The van der Waals surface area contributed by atoms with Crippen LogP contribution in [0, 0.1) is 27.7 Å². The van der Waals surface area contributed by atoms with Crippen LogP contribution in [0.4, 0.5) is 11.4 Å². The number of hydrogen-bond acceptors (Lipinski definition) is 11. The Morgan fingerprint density at radius 2 is 1.09 bits per heavy atom. The van der Waals surface area contributed by atoms with Crippen LogP contribution in [-0.4, -0.2) is 48.8 Å². The average molecular weight is 783 g/mol. The number of nitrogens with zero attached hydrogens (tertiary/aromatic N) is 4. The van der Waals surface area contributed by atoms with Crippen LogP contribution >= 0.6 is 10.7 Å². The zero-order valence-corrected chi connectivity index (χ0v) is 32.2. The van der Waals surface area contributed by atoms with E-state index in [-0.39, 0.29) is 16.9 Å². The van der Waals surface area contributed by atoms with E-state index >= 15 is 0 Å². The molecule has 4 heterocycles. The quantitative estimate of drug-likeness (QED) is 0.185. The number of pyridine rings is 2. The topological polar surface area (TPSA) is 202 Å². The summed E-state index contributed by atoms with van der Waals surface area (Å²) in [6.07, 6.45) is 5.43. The molecule has 0 aliphatic heterocycles. The summed E-state index contributed by atoms with van der Waals surface area (Å²) in [4.78, 5) is 25.0. The van der Waals surface area contributed by atoms with Gasteiger partial charge in [-0.1, -0.05) is 71.0 Å². The van der Waals surface area contributed by atoms with Crippen LogP contribution in [0.2, 0.25) is 0 Å². The van der Waals surface area contributed by atoms with Gasteiger partial charge in [0.15, 0.2) is 0 Å². The van der Waals surface area contributed by atoms with Gasteiger partial charge in [0.25, 0.3) is 11.1 Å². The number of hydrogen-bond donors (Lipinski definition) is 2. The lowest BCUT2D eigenvalue weighted by molar-refractivity contribution is 0.393. The molecule has 3 N–H and O–H groups in total. The van der Waals surface area contributed by atoms with Crippen LogP contribution in [0.5, 0.6) is 0 Å². The molecule has 53 heavy (non-hydrogen) atoms. The van der Waals surface area contributed by atoms with Gasteiger partial charge in [-0.2, -0.15) is 0 Å². The molecule has 14 nitrogen and oxygen atoms in total. The van der Waals surface area contributed by atoms with Crippen molar-refractivity contribution >= 4 is 41.1 Å². The first-order valence-corrected chi connectivity index (χ1v) is 20.5. The fraction of sp³-hybridized carbons (Fsp3) is 0.222. The Morgan fingerprint density at radius 3 is 1.47 bits per heavy atom. The number of aromatic nitrogens is 4. The molecule has 4 aromatic heterocycles. The fourth-order valence-corrected chi connectivity index (χ4v) is 5.97. The highest BCUT2D eigenvalue weighted by Crippen LogP contribution is 2.29. The molecule has 0 atom stereocenters. The van der Waals surface area contributed by atoms with Crippen LogP contribution in [-0.2, 0) is 32.2 Å². The number of benzene rings is 2. The molecule has 280 valence electrons. The summed E-state index contributed by atoms with van der Waals surface area (Å²) < 4.78 is 57.9. The predicted octanol–water partition coefficient (Wildman–Crippen LogP) is 5.48. The summed E-state index contributed by atoms with van der Waals surface area (Å²) in [5.41, 5.74) is 12.0. The number of nitrogens with two attached hydrogens (primary N) is 1. The van der Waals surface area contributed by atoms with Crippen molar-refractivity contribution in [2.75, 3.05) is 23.0 Å². The summed E-state index contributed by atoms with van der Waals surface area (Å²) in [6, 6.07) is 22.4. The molecule has 0 saturated carbocycles. The van der Waals surface area contributed by atoms with Crippen LogP contribution in [0.15, 0.2) is 104 Å². The normalized spacial score (nSPS) is 11.2. The maximum absolute atomic E-state index is 12.7. The van der Waals surface area contributed by atoms with Gasteiger partial charge in [-0.05, 0) is 51.0 Å². The molecule has 2 aromatic carbocycles. The van der Waals surface area contributed by atoms with Crippen molar-refractivity contribution in [1.82, 2.24) is 19.4 Å². The monoisotopic (exact) mass is 782 g/mol. The molecule has 0 aliphatic carbocycles. The van der Waals surface area contributed by atoms with Gasteiger partial charge >= 0.3 is 0 Å². The van der Waals surface area contributed by atoms with E-state index in [1.54, 1.807) is 36.9 Å². The van der Waals surface area contributed by atoms with Crippen LogP contribution in [0.1, 0.15) is 34.0 Å². The van der Waals surface area contributed by atoms with Gasteiger partial charge in [0.1, 0.15) is 17.2 Å². The molecule has 17 heteroatoms. The number of nitrogens with one attached hydrogen (secondary N) is 1. The Kier molecular flexibility index (Phi) is 12.9. The maximum Gasteiger partial charge on any atom is 0.275 e. The molecule has 0 bridgehead atoms. The highest BCUT2D eigenvalue weighted by Gasteiger charge is 2.18. The van der Waals surface area contributed by atoms with E-state index in [0.717, 1.165) is 46.0 Å². The summed E-state index contributed by atoms with van der Waals surface area (Å²) in [5.74, 6) is 1.31. The number of nitrogen functional groups attached to an aromatic ring is 1. The molecule has 0 aliphatic rings. The zero-order valence-electron chi connectivity index (χ0n) is 29.8. The molecule has 0 unspecified atom stereocenters. The fourth-order valence-electron chi connectivity index (χ4n) is 5.43. The lowest BCUT2D eigenvalue weighted by atomic mass is 10.1. The highest BCUT2D eigenvalue weighted by molar-refractivity contribution is 8.13. The third-order valence-electron chi connectivity index (χ3n) is 7.53. The Balaban J connectivity index is 0.000000212. The van der Waals surface area contributed by atoms with Crippen molar-refractivity contribution < 1.29 is 25.9 Å². The van der Waals surface area contributed by atoms with Crippen molar-refractivity contribution in [2.45, 2.75) is 40.8 Å². The molecule has 0 spiro atoms. The van der Waals surface area contributed by atoms with Crippen molar-refractivity contribution in [2.24, 2.45) is 0 Å². The van der Waals surface area contributed by atoms with Crippen LogP contribution < -0.4 is 21.6 Å². The van der Waals surface area contributed by atoms with Crippen molar-refractivity contribution in [3.05, 3.63) is 140 Å². The van der Waals surface area contributed by atoms with E-state index in [1.165, 1.54) is 10.6 Å². The van der Waals surface area contributed by atoms with Gasteiger partial charge in [-0.15, -0.1) is 0 Å². The Hall–Kier alpha value is -5.45. The number of anilines is 2. The maximum atomic E-state index is 12.7. The first-order chi connectivity index (χ1) is 24.8. The lowest BCUT2D eigenvalue weighted by Gasteiger charge is -2.13. The molecular weight excluding hydrogens is 744 g/mol. The van der Waals surface area contributed by atoms with E-state index < -0.39 is 24.6 Å². The van der Waals surface area contributed by atoms with Gasteiger partial charge in [-0.3, -0.25) is 14.3 Å². The van der Waals surface area contributed by atoms with Crippen molar-refractivity contribution in [3.8, 4) is 22.3 Å². The molecule has 0 saturated heterocycles. The number of aryl methyl sites for hydroxylation is 4. The predicted molar refractivity (Wildman–Crippen MR) is 206 cm³/mol. The smallest absolute Gasteiger partial charge is 0.275 e. The second-order valence-corrected chi connectivity index (χ2v) is 16.9. The summed E-state index contributed by atoms with van der Waals surface area (Å²) in [6.45, 7) is 8.07. The minimum atomic E-state index is -3.60. The van der Waals surface area contributed by atoms with E-state index in [2.05, 4.69) is 25.7 Å². The van der Waals surface area contributed by atoms with Crippen LogP contribution in [0.25, 0.3) is 22.3 Å². The van der Waals surface area contributed by atoms with E-state index in [4.69, 9.17) is 14.8 Å².